The summed E-state index contributed by atoms with van der Waals surface area (Å²) in [6.07, 6.45) is 1.33. The van der Waals surface area contributed by atoms with Gasteiger partial charge in [-0.05, 0) is 29.8 Å². The predicted octanol–water partition coefficient (Wildman–Crippen LogP) is 2.18. The number of sulfonamides is 1. The molecule has 0 saturated carbocycles. The monoisotopic (exact) mass is 346 g/mol. The van der Waals surface area contributed by atoms with E-state index in [1.165, 1.54) is 34.8 Å². The van der Waals surface area contributed by atoms with E-state index < -0.39 is 16.1 Å². The van der Waals surface area contributed by atoms with Gasteiger partial charge >= 0.3 is 0 Å². The van der Waals surface area contributed by atoms with E-state index in [-0.39, 0.29) is 23.3 Å². The molecule has 1 aliphatic rings. The number of piperazine rings is 1. The fourth-order valence-corrected chi connectivity index (χ4v) is 4.02. The lowest BCUT2D eigenvalue weighted by Crippen LogP contribution is -2.48. The highest BCUT2D eigenvalue weighted by atomic mass is 35.5. The smallest absolute Gasteiger partial charge is 0.277 e. The minimum absolute atomic E-state index is 0. The third-order valence-electron chi connectivity index (χ3n) is 3.49. The Bertz CT molecular complexity index is 721. The van der Waals surface area contributed by atoms with Crippen LogP contribution in [0, 0.1) is 5.82 Å². The lowest BCUT2D eigenvalue weighted by Gasteiger charge is -2.34. The maximum Gasteiger partial charge on any atom is 0.277 e. The molecule has 2 aromatic rings. The molecule has 3 rings (SSSR count). The van der Waals surface area contributed by atoms with Crippen molar-refractivity contribution in [2.75, 3.05) is 19.6 Å². The molecule has 5 nitrogen and oxygen atoms in total. The minimum Gasteiger partial charge on any atom is -0.452 e. The molecule has 1 saturated heterocycles. The zero-order valence-corrected chi connectivity index (χ0v) is 13.2. The van der Waals surface area contributed by atoms with Gasteiger partial charge in [-0.15, -0.1) is 12.4 Å². The van der Waals surface area contributed by atoms with Gasteiger partial charge in [0.05, 0.1) is 12.3 Å². The van der Waals surface area contributed by atoms with Crippen molar-refractivity contribution in [1.82, 2.24) is 9.62 Å². The van der Waals surface area contributed by atoms with E-state index in [1.807, 2.05) is 0 Å². The quantitative estimate of drug-likeness (QED) is 0.925. The van der Waals surface area contributed by atoms with Gasteiger partial charge in [-0.3, -0.25) is 0 Å². The van der Waals surface area contributed by atoms with Crippen LogP contribution in [0.5, 0.6) is 0 Å². The van der Waals surface area contributed by atoms with Gasteiger partial charge in [-0.1, -0.05) is 12.1 Å². The second-order valence-electron chi connectivity index (χ2n) is 4.82. The van der Waals surface area contributed by atoms with Gasteiger partial charge in [0.25, 0.3) is 10.0 Å². The van der Waals surface area contributed by atoms with E-state index in [0.717, 1.165) is 0 Å². The van der Waals surface area contributed by atoms with Gasteiger partial charge in [0.1, 0.15) is 5.82 Å². The zero-order valence-electron chi connectivity index (χ0n) is 11.6. The highest BCUT2D eigenvalue weighted by Gasteiger charge is 2.36. The van der Waals surface area contributed by atoms with Crippen molar-refractivity contribution in [2.24, 2.45) is 0 Å². The Hall–Kier alpha value is -1.41. The molecule has 0 aliphatic carbocycles. The number of nitrogens with zero attached hydrogens (tertiary/aromatic N) is 1. The molecule has 1 aromatic carbocycles. The predicted molar refractivity (Wildman–Crippen MR) is 81.9 cm³/mol. The second-order valence-corrected chi connectivity index (χ2v) is 6.64. The Morgan fingerprint density at radius 3 is 2.77 bits per heavy atom. The van der Waals surface area contributed by atoms with Crippen LogP contribution in [-0.2, 0) is 10.0 Å². The molecule has 0 amide bonds. The third-order valence-corrected chi connectivity index (χ3v) is 5.28. The molecule has 120 valence electrons. The fourth-order valence-electron chi connectivity index (χ4n) is 2.50. The van der Waals surface area contributed by atoms with E-state index in [4.69, 9.17) is 4.42 Å². The summed E-state index contributed by atoms with van der Waals surface area (Å²) in [5.41, 5.74) is 0.623. The Kier molecular flexibility index (Phi) is 5.23. The van der Waals surface area contributed by atoms with Gasteiger partial charge in [-0.2, -0.15) is 4.31 Å². The summed E-state index contributed by atoms with van der Waals surface area (Å²) in [5, 5.41) is 3.05. The first-order chi connectivity index (χ1) is 10.1. The topological polar surface area (TPSA) is 62.6 Å². The molecular formula is C14H16ClFN2O3S. The van der Waals surface area contributed by atoms with Crippen LogP contribution in [0.4, 0.5) is 4.39 Å². The van der Waals surface area contributed by atoms with Gasteiger partial charge in [0, 0.05) is 19.6 Å². The number of rotatable bonds is 3. The molecule has 1 atom stereocenters. The summed E-state index contributed by atoms with van der Waals surface area (Å²) in [6, 6.07) is 8.51. The highest BCUT2D eigenvalue weighted by Crippen LogP contribution is 2.29. The van der Waals surface area contributed by atoms with Gasteiger partial charge in [-0.25, -0.2) is 12.8 Å². The molecule has 1 aromatic heterocycles. The van der Waals surface area contributed by atoms with Crippen molar-refractivity contribution >= 4 is 22.4 Å². The number of benzene rings is 1. The number of hydrogen-bond acceptors (Lipinski definition) is 4. The van der Waals surface area contributed by atoms with Crippen LogP contribution in [-0.4, -0.2) is 32.4 Å². The summed E-state index contributed by atoms with van der Waals surface area (Å²) in [7, 11) is -3.72. The lowest BCUT2D eigenvalue weighted by atomic mass is 10.1. The zero-order chi connectivity index (χ0) is 14.9. The van der Waals surface area contributed by atoms with Crippen molar-refractivity contribution in [2.45, 2.75) is 11.1 Å². The minimum atomic E-state index is -3.72. The van der Waals surface area contributed by atoms with Crippen LogP contribution >= 0.6 is 12.4 Å². The van der Waals surface area contributed by atoms with Crippen LogP contribution in [0.15, 0.2) is 52.2 Å². The third kappa shape index (κ3) is 3.17. The number of halogens is 2. The van der Waals surface area contributed by atoms with E-state index in [2.05, 4.69) is 5.32 Å². The number of furan rings is 1. The van der Waals surface area contributed by atoms with E-state index >= 15 is 0 Å². The summed E-state index contributed by atoms with van der Waals surface area (Å²) in [5.74, 6) is -0.381. The molecule has 2 heterocycles. The average molecular weight is 347 g/mol. The molecular weight excluding hydrogens is 331 g/mol. The molecule has 0 spiro atoms. The van der Waals surface area contributed by atoms with Gasteiger partial charge in [0.15, 0.2) is 0 Å². The average Bonchev–Trinajstić information content (AvgIpc) is 3.02. The summed E-state index contributed by atoms with van der Waals surface area (Å²) < 4.78 is 45.1. The van der Waals surface area contributed by atoms with Crippen LogP contribution in [0.1, 0.15) is 11.6 Å². The summed E-state index contributed by atoms with van der Waals surface area (Å²) >= 11 is 0. The molecule has 1 unspecified atom stereocenters. The molecule has 8 heteroatoms. The van der Waals surface area contributed by atoms with Crippen LogP contribution in [0.3, 0.4) is 0 Å². The lowest BCUT2D eigenvalue weighted by molar-refractivity contribution is 0.264. The van der Waals surface area contributed by atoms with Crippen molar-refractivity contribution in [3.8, 4) is 0 Å². The molecule has 22 heavy (non-hydrogen) atoms. The van der Waals surface area contributed by atoms with Gasteiger partial charge < -0.3 is 9.73 Å². The summed E-state index contributed by atoms with van der Waals surface area (Å²) in [6.45, 7) is 1.29. The normalized spacial score (nSPS) is 19.6. The van der Waals surface area contributed by atoms with Crippen LogP contribution in [0.2, 0.25) is 0 Å². The Balaban J connectivity index is 0.00000176. The van der Waals surface area contributed by atoms with Crippen molar-refractivity contribution < 1.29 is 17.2 Å². The Morgan fingerprint density at radius 2 is 2.09 bits per heavy atom. The standard InChI is InChI=1S/C14H15FN2O3S.ClH/c15-12-4-1-3-11(9-12)13-10-16-6-7-17(13)21(18,19)14-5-2-8-20-14;/h1-5,8-9,13,16H,6-7,10H2;1H. The van der Waals surface area contributed by atoms with Crippen LogP contribution in [0.25, 0.3) is 0 Å². The molecule has 1 aliphatic heterocycles. The maximum atomic E-state index is 13.4. The summed E-state index contributed by atoms with van der Waals surface area (Å²) in [4.78, 5) is 0. The molecule has 0 bridgehead atoms. The first-order valence-corrected chi connectivity index (χ1v) is 8.04. The van der Waals surface area contributed by atoms with E-state index in [9.17, 15) is 12.8 Å². The molecule has 1 N–H and O–H groups in total. The fraction of sp³-hybridized carbons (Fsp3) is 0.286. The Labute approximate surface area is 134 Å². The van der Waals surface area contributed by atoms with Crippen LogP contribution < -0.4 is 5.32 Å². The van der Waals surface area contributed by atoms with Crippen molar-refractivity contribution in [3.63, 3.8) is 0 Å². The first-order valence-electron chi connectivity index (χ1n) is 6.60. The molecule has 1 fully saturated rings. The largest absolute Gasteiger partial charge is 0.452 e. The molecule has 0 radical (unpaired) electrons. The number of hydrogen-bond donors (Lipinski definition) is 1. The van der Waals surface area contributed by atoms with E-state index in [0.29, 0.717) is 25.2 Å². The second kappa shape index (κ2) is 6.78. The number of nitrogens with one attached hydrogen (secondary N) is 1. The highest BCUT2D eigenvalue weighted by molar-refractivity contribution is 7.89. The first kappa shape index (κ1) is 17.0. The Morgan fingerprint density at radius 1 is 1.27 bits per heavy atom. The van der Waals surface area contributed by atoms with E-state index in [1.54, 1.807) is 12.1 Å². The van der Waals surface area contributed by atoms with Crippen molar-refractivity contribution in [3.05, 3.63) is 54.0 Å². The van der Waals surface area contributed by atoms with Crippen molar-refractivity contribution in [1.29, 1.82) is 0 Å². The SMILES string of the molecule is Cl.O=S(=O)(c1ccco1)N1CCNCC1c1cccc(F)c1. The van der Waals surface area contributed by atoms with Gasteiger partial charge in [0.2, 0.25) is 5.09 Å². The maximum absolute atomic E-state index is 13.4.